The molecule has 2 rings (SSSR count). The Morgan fingerprint density at radius 1 is 1.15 bits per heavy atom. The highest BCUT2D eigenvalue weighted by Crippen LogP contribution is 2.32. The van der Waals surface area contributed by atoms with Crippen LogP contribution in [0.1, 0.15) is 60.9 Å². The van der Waals surface area contributed by atoms with Crippen molar-refractivity contribution < 1.29 is 14.7 Å². The summed E-state index contributed by atoms with van der Waals surface area (Å²) in [4.78, 5) is 22.6. The fraction of sp³-hybridized carbons (Fsp3) is 0.500. The molecule has 0 radical (unpaired) electrons. The van der Waals surface area contributed by atoms with E-state index >= 15 is 0 Å². The summed E-state index contributed by atoms with van der Waals surface area (Å²) >= 11 is 0. The molecule has 1 aliphatic rings. The quantitative estimate of drug-likeness (QED) is 0.887. The van der Waals surface area contributed by atoms with Crippen LogP contribution in [-0.2, 0) is 4.79 Å². The minimum atomic E-state index is -1.03. The zero-order valence-corrected chi connectivity index (χ0v) is 11.8. The molecule has 0 aliphatic heterocycles. The maximum Gasteiger partial charge on any atom is 0.325 e. The predicted molar refractivity (Wildman–Crippen MR) is 76.8 cm³/mol. The third-order valence-electron chi connectivity index (χ3n) is 3.97. The van der Waals surface area contributed by atoms with E-state index in [2.05, 4.69) is 5.32 Å². The summed E-state index contributed by atoms with van der Waals surface area (Å²) in [5, 5.41) is 11.2. The second-order valence-corrected chi connectivity index (χ2v) is 5.49. The number of aliphatic carboxylic acids is 1. The van der Waals surface area contributed by atoms with Crippen molar-refractivity contribution in [2.45, 2.75) is 51.0 Å². The first-order chi connectivity index (χ1) is 9.58. The number of hydrogen-bond donors (Lipinski definition) is 2. The Morgan fingerprint density at radius 2 is 1.75 bits per heavy atom. The number of nitrogens with one attached hydrogen (secondary N) is 1. The van der Waals surface area contributed by atoms with Crippen LogP contribution in [0.25, 0.3) is 0 Å². The number of carboxylic acid groups (broad SMARTS) is 1. The lowest BCUT2D eigenvalue weighted by Gasteiger charge is -2.22. The lowest BCUT2D eigenvalue weighted by atomic mass is 9.84. The third kappa shape index (κ3) is 3.59. The van der Waals surface area contributed by atoms with Crippen LogP contribution in [-0.4, -0.2) is 23.0 Å². The molecule has 20 heavy (non-hydrogen) atoms. The number of carboxylic acids is 1. The molecular weight excluding hydrogens is 254 g/mol. The molecular formula is C16H21NO3. The van der Waals surface area contributed by atoms with Gasteiger partial charge in [0, 0.05) is 5.56 Å². The van der Waals surface area contributed by atoms with Gasteiger partial charge >= 0.3 is 5.97 Å². The van der Waals surface area contributed by atoms with Gasteiger partial charge in [-0.2, -0.15) is 0 Å². The highest BCUT2D eigenvalue weighted by atomic mass is 16.4. The van der Waals surface area contributed by atoms with Gasteiger partial charge in [0.25, 0.3) is 5.91 Å². The zero-order valence-electron chi connectivity index (χ0n) is 11.8. The van der Waals surface area contributed by atoms with E-state index in [0.717, 1.165) is 0 Å². The van der Waals surface area contributed by atoms with E-state index in [0.29, 0.717) is 11.5 Å². The summed E-state index contributed by atoms with van der Waals surface area (Å²) in [6.07, 6.45) is 6.33. The van der Waals surface area contributed by atoms with Crippen molar-refractivity contribution in [3.05, 3.63) is 35.4 Å². The summed E-state index contributed by atoms with van der Waals surface area (Å²) in [5.74, 6) is -0.758. The van der Waals surface area contributed by atoms with Crippen LogP contribution in [0.2, 0.25) is 0 Å². The molecule has 0 heterocycles. The Balaban J connectivity index is 2.00. The average Bonchev–Trinajstić information content (AvgIpc) is 2.48. The molecule has 1 amide bonds. The Hall–Kier alpha value is -1.84. The number of rotatable bonds is 4. The van der Waals surface area contributed by atoms with Crippen molar-refractivity contribution in [2.75, 3.05) is 0 Å². The number of amides is 1. The van der Waals surface area contributed by atoms with Crippen LogP contribution in [0.5, 0.6) is 0 Å². The second-order valence-electron chi connectivity index (χ2n) is 5.49. The van der Waals surface area contributed by atoms with Gasteiger partial charge in [-0.3, -0.25) is 9.59 Å². The van der Waals surface area contributed by atoms with Crippen molar-refractivity contribution in [2.24, 2.45) is 0 Å². The molecule has 1 saturated carbocycles. The summed E-state index contributed by atoms with van der Waals surface area (Å²) in [5.41, 5.74) is 1.80. The van der Waals surface area contributed by atoms with Crippen LogP contribution in [0, 0.1) is 0 Å². The monoisotopic (exact) mass is 275 g/mol. The highest BCUT2D eigenvalue weighted by molar-refractivity contribution is 5.96. The van der Waals surface area contributed by atoms with E-state index < -0.39 is 12.0 Å². The van der Waals surface area contributed by atoms with Crippen molar-refractivity contribution in [1.29, 1.82) is 0 Å². The van der Waals surface area contributed by atoms with Gasteiger partial charge in [0.2, 0.25) is 0 Å². The molecule has 1 fully saturated rings. The molecule has 1 atom stereocenters. The zero-order chi connectivity index (χ0) is 14.5. The fourth-order valence-corrected chi connectivity index (χ4v) is 2.68. The molecule has 4 nitrogen and oxygen atoms in total. The van der Waals surface area contributed by atoms with Gasteiger partial charge in [-0.05, 0) is 43.4 Å². The Labute approximate surface area is 119 Å². The van der Waals surface area contributed by atoms with E-state index in [1.807, 2.05) is 12.1 Å². The number of hydrogen-bond acceptors (Lipinski definition) is 2. The smallest absolute Gasteiger partial charge is 0.325 e. The summed E-state index contributed by atoms with van der Waals surface area (Å²) in [6.45, 7) is 1.45. The molecule has 0 bridgehead atoms. The van der Waals surface area contributed by atoms with Crippen LogP contribution < -0.4 is 5.32 Å². The molecule has 2 N–H and O–H groups in total. The first-order valence-corrected chi connectivity index (χ1v) is 7.21. The van der Waals surface area contributed by atoms with E-state index in [1.165, 1.54) is 44.6 Å². The summed E-state index contributed by atoms with van der Waals surface area (Å²) in [7, 11) is 0. The van der Waals surface area contributed by atoms with Crippen molar-refractivity contribution >= 4 is 11.9 Å². The standard InChI is InChI=1S/C16H21NO3/c1-11(16(19)20)17-15(18)14-9-7-13(8-10-14)12-5-3-2-4-6-12/h7-12H,2-6H2,1H3,(H,17,18)(H,19,20)/t11-/m0/s1. The minimum Gasteiger partial charge on any atom is -0.480 e. The Bertz CT molecular complexity index is 475. The maximum atomic E-state index is 11.9. The van der Waals surface area contributed by atoms with Crippen LogP contribution >= 0.6 is 0 Å². The predicted octanol–water partition coefficient (Wildman–Crippen LogP) is 2.94. The lowest BCUT2D eigenvalue weighted by Crippen LogP contribution is -2.38. The first kappa shape index (κ1) is 14.6. The van der Waals surface area contributed by atoms with Gasteiger partial charge in [0.15, 0.2) is 0 Å². The van der Waals surface area contributed by atoms with Gasteiger partial charge in [-0.25, -0.2) is 0 Å². The maximum absolute atomic E-state index is 11.9. The minimum absolute atomic E-state index is 0.338. The van der Waals surface area contributed by atoms with Crippen LogP contribution in [0.15, 0.2) is 24.3 Å². The van der Waals surface area contributed by atoms with E-state index in [9.17, 15) is 9.59 Å². The van der Waals surface area contributed by atoms with E-state index in [-0.39, 0.29) is 5.91 Å². The lowest BCUT2D eigenvalue weighted by molar-refractivity contribution is -0.138. The van der Waals surface area contributed by atoms with Crippen LogP contribution in [0.3, 0.4) is 0 Å². The molecule has 1 aromatic carbocycles. The molecule has 1 aliphatic carbocycles. The number of benzene rings is 1. The molecule has 0 unspecified atom stereocenters. The Morgan fingerprint density at radius 3 is 2.30 bits per heavy atom. The van der Waals surface area contributed by atoms with Gasteiger partial charge in [0.05, 0.1) is 0 Å². The van der Waals surface area contributed by atoms with Crippen molar-refractivity contribution in [1.82, 2.24) is 5.32 Å². The van der Waals surface area contributed by atoms with Gasteiger partial charge < -0.3 is 10.4 Å². The van der Waals surface area contributed by atoms with Crippen molar-refractivity contribution in [3.63, 3.8) is 0 Å². The van der Waals surface area contributed by atoms with Crippen LogP contribution in [0.4, 0.5) is 0 Å². The van der Waals surface area contributed by atoms with Gasteiger partial charge in [-0.1, -0.05) is 31.4 Å². The largest absolute Gasteiger partial charge is 0.480 e. The fourth-order valence-electron chi connectivity index (χ4n) is 2.68. The third-order valence-corrected chi connectivity index (χ3v) is 3.97. The number of carbonyl (C=O) groups is 2. The molecule has 0 saturated heterocycles. The molecule has 4 heteroatoms. The second kappa shape index (κ2) is 6.55. The van der Waals surface area contributed by atoms with Gasteiger partial charge in [-0.15, -0.1) is 0 Å². The topological polar surface area (TPSA) is 66.4 Å². The normalized spacial score (nSPS) is 17.4. The van der Waals surface area contributed by atoms with Gasteiger partial charge in [0.1, 0.15) is 6.04 Å². The summed E-state index contributed by atoms with van der Waals surface area (Å²) in [6, 6.07) is 6.69. The summed E-state index contributed by atoms with van der Waals surface area (Å²) < 4.78 is 0. The van der Waals surface area contributed by atoms with E-state index in [1.54, 1.807) is 12.1 Å². The average molecular weight is 275 g/mol. The highest BCUT2D eigenvalue weighted by Gasteiger charge is 2.17. The molecule has 108 valence electrons. The van der Waals surface area contributed by atoms with E-state index in [4.69, 9.17) is 5.11 Å². The molecule has 1 aromatic rings. The SMILES string of the molecule is C[C@H](NC(=O)c1ccc(C2CCCCC2)cc1)C(=O)O. The molecule has 0 aromatic heterocycles. The Kier molecular flexibility index (Phi) is 4.77. The molecule has 0 spiro atoms. The number of carbonyl (C=O) groups excluding carboxylic acids is 1. The first-order valence-electron chi connectivity index (χ1n) is 7.21. The van der Waals surface area contributed by atoms with Crippen molar-refractivity contribution in [3.8, 4) is 0 Å².